The molecule has 0 spiro atoms. The van der Waals surface area contributed by atoms with Gasteiger partial charge in [0.05, 0.1) is 6.61 Å². The normalized spacial score (nSPS) is 9.86. The highest BCUT2D eigenvalue weighted by molar-refractivity contribution is 7.07. The molecule has 1 heterocycles. The third kappa shape index (κ3) is 3.03. The molecule has 0 aromatic carbocycles. The van der Waals surface area contributed by atoms with Crippen LogP contribution in [0.25, 0.3) is 0 Å². The summed E-state index contributed by atoms with van der Waals surface area (Å²) in [4.78, 5) is 12.8. The van der Waals surface area contributed by atoms with Gasteiger partial charge in [-0.2, -0.15) is 11.3 Å². The van der Waals surface area contributed by atoms with Gasteiger partial charge in [0.25, 0.3) is 0 Å². The minimum absolute atomic E-state index is 0.175. The predicted octanol–water partition coefficient (Wildman–Crippen LogP) is 2.42. The first-order valence-corrected chi connectivity index (χ1v) is 5.35. The van der Waals surface area contributed by atoms with Crippen LogP contribution >= 0.6 is 11.3 Å². The van der Waals surface area contributed by atoms with E-state index in [0.29, 0.717) is 13.2 Å². The first kappa shape index (κ1) is 11.0. The molecule has 1 aromatic rings. The molecule has 1 amide bonds. The maximum absolute atomic E-state index is 11.3. The molecule has 0 aliphatic carbocycles. The molecule has 0 bridgehead atoms. The van der Waals surface area contributed by atoms with Crippen LogP contribution in [-0.2, 0) is 11.3 Å². The van der Waals surface area contributed by atoms with E-state index in [1.165, 1.54) is 4.90 Å². The van der Waals surface area contributed by atoms with Crippen LogP contribution in [0, 0.1) is 6.92 Å². The summed E-state index contributed by atoms with van der Waals surface area (Å²) in [5.74, 6) is 0. The third-order valence-electron chi connectivity index (χ3n) is 1.70. The van der Waals surface area contributed by atoms with E-state index in [0.717, 1.165) is 5.56 Å². The monoisotopic (exact) mass is 211 g/mol. The summed E-state index contributed by atoms with van der Waals surface area (Å²) < 4.78 is 4.85. The summed E-state index contributed by atoms with van der Waals surface area (Å²) >= 11 is 1.60. The van der Waals surface area contributed by atoms with Gasteiger partial charge in [-0.1, -0.05) is 0 Å². The van der Waals surface area contributed by atoms with Crippen LogP contribution < -0.4 is 0 Å². The summed E-state index contributed by atoms with van der Waals surface area (Å²) in [6.45, 7) is 8.29. The van der Waals surface area contributed by atoms with Crippen molar-refractivity contribution >= 4 is 17.4 Å². The SMILES string of the molecule is [CH]CN(Cc1ccsc1)C(=O)OCC. The number of hydrogen-bond donors (Lipinski definition) is 0. The molecule has 3 nitrogen and oxygen atoms in total. The molecule has 0 atom stereocenters. The molecular weight excluding hydrogens is 198 g/mol. The fourth-order valence-electron chi connectivity index (χ4n) is 1.02. The van der Waals surface area contributed by atoms with E-state index in [9.17, 15) is 4.79 Å². The number of nitrogens with zero attached hydrogens (tertiary/aromatic N) is 1. The molecule has 1 rings (SSSR count). The fourth-order valence-corrected chi connectivity index (χ4v) is 1.68. The van der Waals surface area contributed by atoms with Crippen molar-refractivity contribution in [2.75, 3.05) is 13.2 Å². The van der Waals surface area contributed by atoms with E-state index in [1.54, 1.807) is 18.3 Å². The standard InChI is InChI=1S/C10H13NO2S/c1-3-11(10(12)13-4-2)7-9-5-6-14-8-9/h1,5-6,8H,3-4,7H2,2H3. The number of ether oxygens (including phenoxy) is 1. The van der Waals surface area contributed by atoms with Gasteiger partial charge < -0.3 is 9.64 Å². The lowest BCUT2D eigenvalue weighted by molar-refractivity contribution is 0.109. The Bertz CT molecular complexity index is 272. The van der Waals surface area contributed by atoms with E-state index in [2.05, 4.69) is 0 Å². The minimum Gasteiger partial charge on any atom is -0.450 e. The Morgan fingerprint density at radius 3 is 3.00 bits per heavy atom. The summed E-state index contributed by atoms with van der Waals surface area (Å²) in [6, 6.07) is 1.96. The highest BCUT2D eigenvalue weighted by Gasteiger charge is 2.12. The van der Waals surface area contributed by atoms with Crippen molar-refractivity contribution in [1.82, 2.24) is 4.90 Å². The molecule has 14 heavy (non-hydrogen) atoms. The Hall–Kier alpha value is -1.03. The Kier molecular flexibility index (Phi) is 4.46. The van der Waals surface area contributed by atoms with E-state index in [1.807, 2.05) is 16.8 Å². The second-order valence-electron chi connectivity index (χ2n) is 2.71. The van der Waals surface area contributed by atoms with Crippen molar-refractivity contribution in [1.29, 1.82) is 0 Å². The summed E-state index contributed by atoms with van der Waals surface area (Å²) in [6.07, 6.45) is -0.360. The van der Waals surface area contributed by atoms with Crippen molar-refractivity contribution in [3.63, 3.8) is 0 Å². The molecule has 0 N–H and O–H groups in total. The maximum Gasteiger partial charge on any atom is 0.410 e. The zero-order valence-corrected chi connectivity index (χ0v) is 8.92. The van der Waals surface area contributed by atoms with Gasteiger partial charge in [0.1, 0.15) is 0 Å². The van der Waals surface area contributed by atoms with Gasteiger partial charge in [-0.3, -0.25) is 0 Å². The Morgan fingerprint density at radius 1 is 1.71 bits per heavy atom. The molecule has 1 aromatic heterocycles. The van der Waals surface area contributed by atoms with Gasteiger partial charge in [0, 0.05) is 13.1 Å². The third-order valence-corrected chi connectivity index (χ3v) is 2.43. The van der Waals surface area contributed by atoms with Crippen molar-refractivity contribution in [3.8, 4) is 0 Å². The fraction of sp³-hybridized carbons (Fsp3) is 0.400. The second kappa shape index (κ2) is 5.65. The lowest BCUT2D eigenvalue weighted by Gasteiger charge is -2.18. The van der Waals surface area contributed by atoms with Crippen LogP contribution in [0.5, 0.6) is 0 Å². The van der Waals surface area contributed by atoms with Crippen molar-refractivity contribution in [2.24, 2.45) is 0 Å². The number of carbonyl (C=O) groups excluding carboxylic acids is 1. The van der Waals surface area contributed by atoms with Crippen molar-refractivity contribution in [3.05, 3.63) is 29.3 Å². The zero-order chi connectivity index (χ0) is 10.4. The highest BCUT2D eigenvalue weighted by Crippen LogP contribution is 2.09. The average molecular weight is 211 g/mol. The van der Waals surface area contributed by atoms with Gasteiger partial charge in [-0.15, -0.1) is 0 Å². The molecule has 2 radical (unpaired) electrons. The quantitative estimate of drug-likeness (QED) is 0.765. The first-order chi connectivity index (χ1) is 6.77. The number of amides is 1. The average Bonchev–Trinajstić information content (AvgIpc) is 2.66. The summed E-state index contributed by atoms with van der Waals surface area (Å²) in [5, 5.41) is 3.96. The summed E-state index contributed by atoms with van der Waals surface area (Å²) in [7, 11) is 0. The summed E-state index contributed by atoms with van der Waals surface area (Å²) in [5.41, 5.74) is 1.08. The van der Waals surface area contributed by atoms with Crippen molar-refractivity contribution < 1.29 is 9.53 Å². The molecule has 0 unspecified atom stereocenters. The molecule has 4 heteroatoms. The van der Waals surface area contributed by atoms with Crippen LogP contribution in [0.2, 0.25) is 0 Å². The van der Waals surface area contributed by atoms with Crippen LogP contribution in [0.15, 0.2) is 16.8 Å². The van der Waals surface area contributed by atoms with Gasteiger partial charge in [-0.25, -0.2) is 4.79 Å². The number of carbonyl (C=O) groups is 1. The lowest BCUT2D eigenvalue weighted by atomic mass is 10.3. The Balaban J connectivity index is 2.50. The van der Waals surface area contributed by atoms with E-state index in [4.69, 9.17) is 11.7 Å². The number of thiophene rings is 1. The lowest BCUT2D eigenvalue weighted by Crippen LogP contribution is -2.30. The molecule has 76 valence electrons. The van der Waals surface area contributed by atoms with Crippen LogP contribution in [0.1, 0.15) is 12.5 Å². The molecule has 0 aliphatic rings. The molecule has 0 saturated carbocycles. The topological polar surface area (TPSA) is 29.5 Å². The van der Waals surface area contributed by atoms with Crippen LogP contribution in [0.3, 0.4) is 0 Å². The minimum atomic E-state index is -0.360. The Morgan fingerprint density at radius 2 is 2.50 bits per heavy atom. The van der Waals surface area contributed by atoms with Gasteiger partial charge in [0.2, 0.25) is 0 Å². The maximum atomic E-state index is 11.3. The first-order valence-electron chi connectivity index (χ1n) is 4.40. The van der Waals surface area contributed by atoms with Gasteiger partial charge in [0.15, 0.2) is 0 Å². The highest BCUT2D eigenvalue weighted by atomic mass is 32.1. The Labute approximate surface area is 88.3 Å². The van der Waals surface area contributed by atoms with Crippen molar-refractivity contribution in [2.45, 2.75) is 13.5 Å². The smallest absolute Gasteiger partial charge is 0.410 e. The van der Waals surface area contributed by atoms with Crippen LogP contribution in [-0.4, -0.2) is 24.1 Å². The zero-order valence-electron chi connectivity index (χ0n) is 8.10. The molecule has 0 saturated heterocycles. The number of hydrogen-bond acceptors (Lipinski definition) is 3. The molecule has 0 fully saturated rings. The van der Waals surface area contributed by atoms with E-state index < -0.39 is 0 Å². The largest absolute Gasteiger partial charge is 0.450 e. The van der Waals surface area contributed by atoms with Gasteiger partial charge in [-0.05, 0) is 36.2 Å². The second-order valence-corrected chi connectivity index (χ2v) is 3.49. The molecular formula is C10H13NO2S. The van der Waals surface area contributed by atoms with Crippen LogP contribution in [0.4, 0.5) is 4.79 Å². The van der Waals surface area contributed by atoms with Gasteiger partial charge >= 0.3 is 6.09 Å². The molecule has 0 aliphatic heterocycles. The number of rotatable bonds is 4. The van der Waals surface area contributed by atoms with E-state index in [-0.39, 0.29) is 12.6 Å². The van der Waals surface area contributed by atoms with E-state index >= 15 is 0 Å². The predicted molar refractivity (Wildman–Crippen MR) is 56.1 cm³/mol.